The van der Waals surface area contributed by atoms with Crippen molar-refractivity contribution in [3.63, 3.8) is 0 Å². The van der Waals surface area contributed by atoms with Gasteiger partial charge in [0, 0.05) is 25.4 Å². The molecule has 13 nitrogen and oxygen atoms in total. The highest BCUT2D eigenvalue weighted by Gasteiger charge is 2.53. The third kappa shape index (κ3) is 9.16. The zero-order valence-electron chi connectivity index (χ0n) is 31.6. The Hall–Kier alpha value is -0.970. The van der Waals surface area contributed by atoms with Gasteiger partial charge >= 0.3 is 5.97 Å². The van der Waals surface area contributed by atoms with Crippen molar-refractivity contribution in [1.29, 1.82) is 0 Å². The van der Waals surface area contributed by atoms with E-state index in [9.17, 15) is 35.4 Å². The van der Waals surface area contributed by atoms with E-state index in [4.69, 9.17) is 28.4 Å². The van der Waals surface area contributed by atoms with E-state index in [1.807, 2.05) is 13.8 Å². The Kier molecular flexibility index (Phi) is 14.2. The van der Waals surface area contributed by atoms with E-state index in [0.717, 1.165) is 0 Å². The zero-order valence-corrected chi connectivity index (χ0v) is 31.6. The van der Waals surface area contributed by atoms with Crippen molar-refractivity contribution in [1.82, 2.24) is 0 Å². The summed E-state index contributed by atoms with van der Waals surface area (Å²) in [6.07, 6.45) is -10.1. The number of carbonyl (C=O) groups excluding carboxylic acids is 1. The van der Waals surface area contributed by atoms with Crippen molar-refractivity contribution in [2.24, 2.45) is 29.6 Å². The molecule has 3 aliphatic heterocycles. The number of carbonyl (C=O) groups is 1. The van der Waals surface area contributed by atoms with E-state index in [0.29, 0.717) is 6.42 Å². The number of aliphatic hydroxyl groups excluding tert-OH is 4. The van der Waals surface area contributed by atoms with Gasteiger partial charge < -0.3 is 59.1 Å². The molecule has 1 unspecified atom stereocenters. The maximum atomic E-state index is 14.0. The summed E-state index contributed by atoms with van der Waals surface area (Å²) >= 11 is 0. The van der Waals surface area contributed by atoms with Gasteiger partial charge in [-0.3, -0.25) is 4.79 Å². The highest BCUT2D eigenvalue weighted by atomic mass is 16.7. The van der Waals surface area contributed by atoms with Crippen molar-refractivity contribution < 1.29 is 63.9 Å². The molecule has 0 saturated carbocycles. The van der Waals surface area contributed by atoms with Crippen LogP contribution in [0.4, 0.5) is 0 Å². The predicted octanol–water partition coefficient (Wildman–Crippen LogP) is 2.28. The average Bonchev–Trinajstić information content (AvgIpc) is 3.02. The van der Waals surface area contributed by atoms with Gasteiger partial charge in [0.1, 0.15) is 23.9 Å². The molecule has 0 amide bonds. The SMILES string of the molecule is CC[C@H]1OC(=O)[C@H](C)[C@@H](O[C@H]2C[C@@](C)(OC)[C@@H](O)[C@H](C)O2)[C@H](C)[C@@H](O[C@H]2O[C@@H](C)C[C@@H](C)[C@@H]2O)[C@](C)(O)C[C@@H](C)C(O)[C@H](C)[C@@H](O)[C@]1(C)O. The molecule has 3 heterocycles. The van der Waals surface area contributed by atoms with Gasteiger partial charge in [-0.25, -0.2) is 0 Å². The van der Waals surface area contributed by atoms with Gasteiger partial charge in [-0.05, 0) is 72.6 Å². The van der Waals surface area contributed by atoms with E-state index < -0.39 is 108 Å². The Morgan fingerprint density at radius 3 is 2.00 bits per heavy atom. The Balaban J connectivity index is 2.16. The second-order valence-corrected chi connectivity index (χ2v) is 16.2. The molecule has 0 aromatic rings. The Bertz CT molecular complexity index is 1070. The van der Waals surface area contributed by atoms with Crippen LogP contribution in [0.2, 0.25) is 0 Å². The fraction of sp³-hybridized carbons (Fsp3) is 0.972. The van der Waals surface area contributed by atoms with E-state index >= 15 is 0 Å². The molecule has 49 heavy (non-hydrogen) atoms. The largest absolute Gasteiger partial charge is 0.459 e. The van der Waals surface area contributed by atoms with Crippen molar-refractivity contribution in [3.05, 3.63) is 0 Å². The number of hydrogen-bond donors (Lipinski definition) is 6. The van der Waals surface area contributed by atoms with Gasteiger partial charge in [0.25, 0.3) is 0 Å². The van der Waals surface area contributed by atoms with Crippen LogP contribution in [0.15, 0.2) is 0 Å². The van der Waals surface area contributed by atoms with Crippen molar-refractivity contribution >= 4 is 5.97 Å². The summed E-state index contributed by atoms with van der Waals surface area (Å²) in [5.41, 5.74) is -4.67. The van der Waals surface area contributed by atoms with E-state index in [-0.39, 0.29) is 31.3 Å². The number of ether oxygens (including phenoxy) is 6. The fourth-order valence-corrected chi connectivity index (χ4v) is 8.34. The number of hydrogen-bond acceptors (Lipinski definition) is 13. The minimum absolute atomic E-state index is 0.0239. The molecular weight excluding hydrogens is 640 g/mol. The molecule has 19 atom stereocenters. The first-order chi connectivity index (χ1) is 22.5. The molecule has 3 rings (SSSR count). The molecule has 13 heteroatoms. The van der Waals surface area contributed by atoms with Crippen LogP contribution >= 0.6 is 0 Å². The summed E-state index contributed by atoms with van der Waals surface area (Å²) in [7, 11) is 1.49. The fourth-order valence-electron chi connectivity index (χ4n) is 8.34. The molecule has 0 aliphatic carbocycles. The highest BCUT2D eigenvalue weighted by Crippen LogP contribution is 2.41. The number of esters is 1. The normalized spacial score (nSPS) is 52.7. The summed E-state index contributed by atoms with van der Waals surface area (Å²) < 4.78 is 36.9. The number of rotatable bonds is 6. The van der Waals surface area contributed by atoms with Crippen LogP contribution in [0, 0.1) is 29.6 Å². The van der Waals surface area contributed by atoms with Gasteiger partial charge in [-0.2, -0.15) is 0 Å². The molecule has 6 N–H and O–H groups in total. The lowest BCUT2D eigenvalue weighted by atomic mass is 9.73. The molecule has 3 fully saturated rings. The molecule has 288 valence electrons. The lowest BCUT2D eigenvalue weighted by Gasteiger charge is -2.49. The number of cyclic esters (lactones) is 1. The van der Waals surface area contributed by atoms with Gasteiger partial charge in [-0.1, -0.05) is 34.6 Å². The van der Waals surface area contributed by atoms with Crippen LogP contribution in [0.25, 0.3) is 0 Å². The molecule has 0 aromatic heterocycles. The molecule has 0 bridgehead atoms. The first-order valence-electron chi connectivity index (χ1n) is 18.1. The third-order valence-electron chi connectivity index (χ3n) is 11.7. The molecule has 3 aliphatic rings. The van der Waals surface area contributed by atoms with Gasteiger partial charge in [-0.15, -0.1) is 0 Å². The Morgan fingerprint density at radius 2 is 1.43 bits per heavy atom. The Labute approximate surface area is 292 Å². The molecule has 0 spiro atoms. The molecule has 0 radical (unpaired) electrons. The first-order valence-corrected chi connectivity index (χ1v) is 18.1. The maximum absolute atomic E-state index is 14.0. The van der Waals surface area contributed by atoms with Crippen LogP contribution in [0.3, 0.4) is 0 Å². The van der Waals surface area contributed by atoms with Crippen molar-refractivity contribution in [2.75, 3.05) is 7.11 Å². The predicted molar refractivity (Wildman–Crippen MR) is 179 cm³/mol. The van der Waals surface area contributed by atoms with Crippen LogP contribution in [-0.2, 0) is 33.2 Å². The summed E-state index contributed by atoms with van der Waals surface area (Å²) in [4.78, 5) is 14.0. The number of aliphatic hydroxyl groups is 6. The van der Waals surface area contributed by atoms with Crippen molar-refractivity contribution in [2.45, 2.75) is 186 Å². The van der Waals surface area contributed by atoms with Crippen LogP contribution in [-0.4, -0.2) is 128 Å². The maximum Gasteiger partial charge on any atom is 0.311 e. The topological polar surface area (TPSA) is 194 Å². The standard InChI is InChI=1S/C36H66O13/c1-13-24-36(11,43)29(39)20(5)26(37)18(3)15-34(9,42)31(49-33-27(38)17(2)14-19(4)45-33)21(6)28(22(7)32(41)47-24)48-25-16-35(10,44-12)30(40)23(8)46-25/h17-31,33,37-40,42-43H,13-16H2,1-12H3/t17-,18-,19+,20+,21+,22-,23+,24-,25+,26?,27+,28+,29-,30+,31-,33-,34-,35-,36-/m1/s1. The van der Waals surface area contributed by atoms with Gasteiger partial charge in [0.15, 0.2) is 12.6 Å². The number of methoxy groups -OCH3 is 1. The summed E-state index contributed by atoms with van der Waals surface area (Å²) in [6, 6.07) is 0. The summed E-state index contributed by atoms with van der Waals surface area (Å²) in [6.45, 7) is 18.6. The molecular formula is C36H66O13. The lowest BCUT2D eigenvalue weighted by molar-refractivity contribution is -0.318. The lowest BCUT2D eigenvalue weighted by Crippen LogP contribution is -2.60. The second-order valence-electron chi connectivity index (χ2n) is 16.2. The first kappa shape index (κ1) is 42.4. The zero-order chi connectivity index (χ0) is 37.4. The summed E-state index contributed by atoms with van der Waals surface area (Å²) in [5.74, 6) is -4.21. The van der Waals surface area contributed by atoms with Gasteiger partial charge in [0.05, 0.1) is 53.7 Å². The van der Waals surface area contributed by atoms with Crippen LogP contribution < -0.4 is 0 Å². The minimum atomic E-state index is -1.93. The van der Waals surface area contributed by atoms with Crippen LogP contribution in [0.5, 0.6) is 0 Å². The quantitative estimate of drug-likeness (QED) is 0.221. The van der Waals surface area contributed by atoms with Crippen molar-refractivity contribution in [3.8, 4) is 0 Å². The third-order valence-corrected chi connectivity index (χ3v) is 11.7. The van der Waals surface area contributed by atoms with E-state index in [1.165, 1.54) is 14.0 Å². The molecule has 0 aromatic carbocycles. The van der Waals surface area contributed by atoms with Crippen LogP contribution in [0.1, 0.15) is 102 Å². The molecule has 3 saturated heterocycles. The van der Waals surface area contributed by atoms with Gasteiger partial charge in [0.2, 0.25) is 0 Å². The highest BCUT2D eigenvalue weighted by molar-refractivity contribution is 5.73. The van der Waals surface area contributed by atoms with E-state index in [1.54, 1.807) is 55.4 Å². The average molecular weight is 707 g/mol. The smallest absolute Gasteiger partial charge is 0.311 e. The monoisotopic (exact) mass is 706 g/mol. The second kappa shape index (κ2) is 16.4. The minimum Gasteiger partial charge on any atom is -0.459 e. The Morgan fingerprint density at radius 1 is 0.816 bits per heavy atom. The van der Waals surface area contributed by atoms with E-state index in [2.05, 4.69) is 0 Å². The summed E-state index contributed by atoms with van der Waals surface area (Å²) in [5, 5.41) is 68.7.